The van der Waals surface area contributed by atoms with Crippen LogP contribution in [-0.2, 0) is 4.79 Å². The molecule has 0 bridgehead atoms. The minimum atomic E-state index is -0.347. The number of nitrogens with one attached hydrogen (secondary N) is 1. The summed E-state index contributed by atoms with van der Waals surface area (Å²) in [5, 5.41) is 3.66. The first-order valence-electron chi connectivity index (χ1n) is 9.95. The van der Waals surface area contributed by atoms with Crippen LogP contribution in [-0.4, -0.2) is 30.1 Å². The number of pyridine rings is 1. The fraction of sp³-hybridized carbons (Fsp3) is 0.304. The largest absolute Gasteiger partial charge is 0.481 e. The Morgan fingerprint density at radius 1 is 1.17 bits per heavy atom. The zero-order chi connectivity index (χ0) is 20.2. The molecule has 150 valence electrons. The van der Waals surface area contributed by atoms with E-state index in [0.717, 1.165) is 23.3 Å². The number of carbonyl (C=O) groups excluding carboxylic acids is 1. The van der Waals surface area contributed by atoms with Crippen molar-refractivity contribution < 1.29 is 13.9 Å². The van der Waals surface area contributed by atoms with Crippen LogP contribution in [0, 0.1) is 5.82 Å². The predicted molar refractivity (Wildman–Crippen MR) is 113 cm³/mol. The molecule has 0 saturated carbocycles. The summed E-state index contributed by atoms with van der Waals surface area (Å²) in [4.78, 5) is 19.4. The van der Waals surface area contributed by atoms with E-state index >= 15 is 0 Å². The molecular weight excluding hydrogens is 369 g/mol. The van der Waals surface area contributed by atoms with Gasteiger partial charge in [-0.15, -0.1) is 0 Å². The van der Waals surface area contributed by atoms with E-state index in [1.54, 1.807) is 0 Å². The van der Waals surface area contributed by atoms with Crippen molar-refractivity contribution >= 4 is 28.3 Å². The van der Waals surface area contributed by atoms with Gasteiger partial charge in [0.1, 0.15) is 22.9 Å². The highest BCUT2D eigenvalue weighted by Crippen LogP contribution is 2.29. The molecule has 1 aliphatic rings. The van der Waals surface area contributed by atoms with Crippen LogP contribution in [0.4, 0.5) is 15.9 Å². The van der Waals surface area contributed by atoms with Gasteiger partial charge < -0.3 is 15.0 Å². The normalized spacial score (nSPS) is 16.6. The molecule has 4 rings (SSSR count). The van der Waals surface area contributed by atoms with Gasteiger partial charge in [0.15, 0.2) is 6.61 Å². The molecule has 1 aliphatic heterocycles. The fourth-order valence-electron chi connectivity index (χ4n) is 3.70. The molecule has 0 radical (unpaired) electrons. The topological polar surface area (TPSA) is 54.5 Å². The van der Waals surface area contributed by atoms with E-state index in [1.807, 2.05) is 24.3 Å². The van der Waals surface area contributed by atoms with Gasteiger partial charge in [-0.1, -0.05) is 12.1 Å². The van der Waals surface area contributed by atoms with E-state index in [2.05, 4.69) is 23.2 Å². The van der Waals surface area contributed by atoms with E-state index in [0.29, 0.717) is 17.5 Å². The summed E-state index contributed by atoms with van der Waals surface area (Å²) in [6.45, 7) is 3.08. The molecule has 1 N–H and O–H groups in total. The van der Waals surface area contributed by atoms with E-state index in [9.17, 15) is 9.18 Å². The number of amides is 1. The molecular formula is C23H24FN3O2. The minimum Gasteiger partial charge on any atom is -0.481 e. The molecule has 1 amide bonds. The average molecular weight is 393 g/mol. The third-order valence-corrected chi connectivity index (χ3v) is 5.25. The molecule has 2 heterocycles. The Hall–Kier alpha value is -3.15. The fourth-order valence-corrected chi connectivity index (χ4v) is 3.70. The summed E-state index contributed by atoms with van der Waals surface area (Å²) in [6.07, 6.45) is 3.59. The van der Waals surface area contributed by atoms with Gasteiger partial charge in [0.2, 0.25) is 0 Å². The monoisotopic (exact) mass is 393 g/mol. The summed E-state index contributed by atoms with van der Waals surface area (Å²) < 4.78 is 18.8. The second-order valence-electron chi connectivity index (χ2n) is 7.38. The van der Waals surface area contributed by atoms with E-state index in [1.165, 1.54) is 43.5 Å². The van der Waals surface area contributed by atoms with Crippen LogP contribution in [0.15, 0.2) is 54.6 Å². The van der Waals surface area contributed by atoms with Crippen LogP contribution < -0.4 is 15.0 Å². The van der Waals surface area contributed by atoms with Gasteiger partial charge >= 0.3 is 0 Å². The number of hydrogen-bond donors (Lipinski definition) is 1. The number of carbonyl (C=O) groups is 1. The van der Waals surface area contributed by atoms with Crippen molar-refractivity contribution in [1.29, 1.82) is 0 Å². The number of fused-ring (bicyclic) bond motifs is 1. The van der Waals surface area contributed by atoms with E-state index in [4.69, 9.17) is 9.72 Å². The summed E-state index contributed by atoms with van der Waals surface area (Å²) in [5.74, 6) is 0.856. The number of nitrogens with zero attached hydrogens (tertiary/aromatic N) is 2. The quantitative estimate of drug-likeness (QED) is 0.678. The Bertz CT molecular complexity index is 1010. The third kappa shape index (κ3) is 4.47. The Balaban J connectivity index is 1.50. The van der Waals surface area contributed by atoms with Crippen LogP contribution in [0.2, 0.25) is 0 Å². The molecule has 5 nitrogen and oxygen atoms in total. The molecule has 1 unspecified atom stereocenters. The van der Waals surface area contributed by atoms with Gasteiger partial charge in [0.05, 0.1) is 0 Å². The van der Waals surface area contributed by atoms with Gasteiger partial charge in [0.25, 0.3) is 5.91 Å². The molecule has 0 spiro atoms. The maximum absolute atomic E-state index is 13.0. The van der Waals surface area contributed by atoms with Crippen molar-refractivity contribution in [2.24, 2.45) is 0 Å². The summed E-state index contributed by atoms with van der Waals surface area (Å²) in [7, 11) is 0. The standard InChI is InChI=1S/C23H24FN3O2/c1-16-5-2-3-14-27(16)21-13-8-17-6-4-7-20(23(17)26-21)29-15-22(28)25-19-11-9-18(24)10-12-19/h4,6-13,16H,2-3,5,14-15H2,1H3,(H,25,28). The Morgan fingerprint density at radius 2 is 2.00 bits per heavy atom. The minimum absolute atomic E-state index is 0.150. The smallest absolute Gasteiger partial charge is 0.262 e. The van der Waals surface area contributed by atoms with Crippen molar-refractivity contribution in [1.82, 2.24) is 4.98 Å². The summed E-state index contributed by atoms with van der Waals surface area (Å²) >= 11 is 0. The highest BCUT2D eigenvalue weighted by atomic mass is 19.1. The second kappa shape index (κ2) is 8.47. The highest BCUT2D eigenvalue weighted by molar-refractivity contribution is 5.92. The van der Waals surface area contributed by atoms with Crippen LogP contribution in [0.5, 0.6) is 5.75 Å². The molecule has 6 heteroatoms. The van der Waals surface area contributed by atoms with Crippen molar-refractivity contribution in [2.45, 2.75) is 32.2 Å². The van der Waals surface area contributed by atoms with Gasteiger partial charge in [-0.25, -0.2) is 9.37 Å². The third-order valence-electron chi connectivity index (χ3n) is 5.25. The number of rotatable bonds is 5. The SMILES string of the molecule is CC1CCCCN1c1ccc2cccc(OCC(=O)Nc3ccc(F)cc3)c2n1. The van der Waals surface area contributed by atoms with Crippen molar-refractivity contribution in [3.05, 3.63) is 60.4 Å². The lowest BCUT2D eigenvalue weighted by Gasteiger charge is -2.34. The lowest BCUT2D eigenvalue weighted by atomic mass is 10.0. The van der Waals surface area contributed by atoms with Crippen LogP contribution >= 0.6 is 0 Å². The van der Waals surface area contributed by atoms with Crippen LogP contribution in [0.1, 0.15) is 26.2 Å². The molecule has 1 atom stereocenters. The number of piperidine rings is 1. The lowest BCUT2D eigenvalue weighted by Crippen LogP contribution is -2.37. The van der Waals surface area contributed by atoms with Crippen molar-refractivity contribution in [3.63, 3.8) is 0 Å². The number of para-hydroxylation sites is 1. The maximum atomic E-state index is 13.0. The summed E-state index contributed by atoms with van der Waals surface area (Å²) in [6, 6.07) is 15.9. The first-order valence-corrected chi connectivity index (χ1v) is 9.95. The second-order valence-corrected chi connectivity index (χ2v) is 7.38. The van der Waals surface area contributed by atoms with Crippen molar-refractivity contribution in [3.8, 4) is 5.75 Å². The Kier molecular flexibility index (Phi) is 5.60. The van der Waals surface area contributed by atoms with Gasteiger partial charge in [-0.3, -0.25) is 4.79 Å². The molecule has 29 heavy (non-hydrogen) atoms. The Labute approximate surface area is 169 Å². The summed E-state index contributed by atoms with van der Waals surface area (Å²) in [5.41, 5.74) is 1.27. The van der Waals surface area contributed by atoms with E-state index < -0.39 is 0 Å². The molecule has 3 aromatic rings. The predicted octanol–water partition coefficient (Wildman–Crippen LogP) is 4.77. The number of hydrogen-bond acceptors (Lipinski definition) is 4. The molecule has 1 aromatic heterocycles. The average Bonchev–Trinajstić information content (AvgIpc) is 2.74. The number of anilines is 2. The molecule has 1 fully saturated rings. The maximum Gasteiger partial charge on any atom is 0.262 e. The first kappa shape index (κ1) is 19.2. The molecule has 2 aromatic carbocycles. The number of aromatic nitrogens is 1. The van der Waals surface area contributed by atoms with E-state index in [-0.39, 0.29) is 18.3 Å². The Morgan fingerprint density at radius 3 is 2.79 bits per heavy atom. The zero-order valence-corrected chi connectivity index (χ0v) is 16.4. The van der Waals surface area contributed by atoms with Crippen LogP contribution in [0.3, 0.4) is 0 Å². The van der Waals surface area contributed by atoms with Crippen molar-refractivity contribution in [2.75, 3.05) is 23.4 Å². The molecule has 0 aliphatic carbocycles. The number of halogens is 1. The first-order chi connectivity index (χ1) is 14.1. The van der Waals surface area contributed by atoms with Gasteiger partial charge in [-0.05, 0) is 68.7 Å². The highest BCUT2D eigenvalue weighted by Gasteiger charge is 2.20. The number of ether oxygens (including phenoxy) is 1. The zero-order valence-electron chi connectivity index (χ0n) is 16.4. The molecule has 1 saturated heterocycles. The van der Waals surface area contributed by atoms with Crippen LogP contribution in [0.25, 0.3) is 10.9 Å². The lowest BCUT2D eigenvalue weighted by molar-refractivity contribution is -0.118. The van der Waals surface area contributed by atoms with Gasteiger partial charge in [-0.2, -0.15) is 0 Å². The number of benzene rings is 2. The van der Waals surface area contributed by atoms with Gasteiger partial charge in [0, 0.05) is 23.7 Å².